The van der Waals surface area contributed by atoms with Crippen molar-refractivity contribution in [1.82, 2.24) is 5.32 Å². The predicted octanol–water partition coefficient (Wildman–Crippen LogP) is 0.796. The van der Waals surface area contributed by atoms with E-state index in [1.165, 1.54) is 6.08 Å². The molecule has 0 bridgehead atoms. The van der Waals surface area contributed by atoms with Gasteiger partial charge in [-0.05, 0) is 19.9 Å². The summed E-state index contributed by atoms with van der Waals surface area (Å²) in [5.41, 5.74) is -1.05. The Labute approximate surface area is 83.6 Å². The van der Waals surface area contributed by atoms with Crippen LogP contribution < -0.4 is 5.32 Å². The summed E-state index contributed by atoms with van der Waals surface area (Å²) < 4.78 is 4.80. The molecule has 0 aromatic heterocycles. The minimum atomic E-state index is -1.05. The molecule has 4 heteroatoms. The number of esters is 1. The van der Waals surface area contributed by atoms with Gasteiger partial charge in [-0.25, -0.2) is 4.79 Å². The highest BCUT2D eigenvalue weighted by molar-refractivity contribution is 5.92. The summed E-state index contributed by atoms with van der Waals surface area (Å²) in [6.45, 7) is 9.94. The Balaban J connectivity index is 4.28. The highest BCUT2D eigenvalue weighted by Gasteiger charge is 2.30. The summed E-state index contributed by atoms with van der Waals surface area (Å²) in [5, 5.41) is 2.45. The van der Waals surface area contributed by atoms with Gasteiger partial charge < -0.3 is 10.1 Å². The van der Waals surface area contributed by atoms with Crippen LogP contribution in [0, 0.1) is 0 Å². The maximum absolute atomic E-state index is 11.4. The summed E-state index contributed by atoms with van der Waals surface area (Å²) in [6.07, 6.45) is 2.56. The Kier molecular flexibility index (Phi) is 4.63. The molecule has 78 valence electrons. The molecule has 14 heavy (non-hydrogen) atoms. The number of hydrogen-bond acceptors (Lipinski definition) is 3. The minimum absolute atomic E-state index is 0.131. The highest BCUT2D eigenvalue weighted by Crippen LogP contribution is 2.05. The Morgan fingerprint density at radius 2 is 2.00 bits per heavy atom. The van der Waals surface area contributed by atoms with Gasteiger partial charge in [-0.3, -0.25) is 4.79 Å². The van der Waals surface area contributed by atoms with E-state index in [1.807, 2.05) is 0 Å². The number of rotatable bonds is 5. The van der Waals surface area contributed by atoms with E-state index in [4.69, 9.17) is 4.74 Å². The summed E-state index contributed by atoms with van der Waals surface area (Å²) in [6, 6.07) is 0. The van der Waals surface area contributed by atoms with Crippen molar-refractivity contribution in [2.45, 2.75) is 19.4 Å². The largest absolute Gasteiger partial charge is 0.460 e. The first-order valence-electron chi connectivity index (χ1n) is 4.16. The van der Waals surface area contributed by atoms with Crippen molar-refractivity contribution >= 4 is 11.9 Å². The van der Waals surface area contributed by atoms with Gasteiger partial charge in [0.2, 0.25) is 5.91 Å². The first-order valence-corrected chi connectivity index (χ1v) is 4.16. The molecule has 0 fully saturated rings. The zero-order valence-electron chi connectivity index (χ0n) is 8.50. The van der Waals surface area contributed by atoms with Crippen LogP contribution in [0.15, 0.2) is 25.3 Å². The molecule has 0 atom stereocenters. The zero-order chi connectivity index (χ0) is 11.2. The number of ether oxygens (including phenoxy) is 1. The van der Waals surface area contributed by atoms with E-state index in [1.54, 1.807) is 13.8 Å². The molecular weight excluding hydrogens is 182 g/mol. The second kappa shape index (κ2) is 5.21. The molecule has 0 saturated heterocycles. The van der Waals surface area contributed by atoms with Crippen molar-refractivity contribution in [2.75, 3.05) is 6.61 Å². The third-order valence-electron chi connectivity index (χ3n) is 1.46. The smallest absolute Gasteiger partial charge is 0.331 e. The molecule has 0 aliphatic heterocycles. The Morgan fingerprint density at radius 1 is 1.43 bits per heavy atom. The van der Waals surface area contributed by atoms with Gasteiger partial charge in [-0.2, -0.15) is 0 Å². The SMILES string of the molecule is C=CCOC(=O)C(C)(C)NC(=O)C=C. The minimum Gasteiger partial charge on any atom is -0.460 e. The first-order chi connectivity index (χ1) is 6.44. The van der Waals surface area contributed by atoms with E-state index in [0.29, 0.717) is 0 Å². The van der Waals surface area contributed by atoms with Gasteiger partial charge in [-0.15, -0.1) is 0 Å². The van der Waals surface area contributed by atoms with Crippen LogP contribution in [0.4, 0.5) is 0 Å². The number of carbonyl (C=O) groups is 2. The van der Waals surface area contributed by atoms with Crippen molar-refractivity contribution in [3.8, 4) is 0 Å². The second-order valence-corrected chi connectivity index (χ2v) is 3.21. The number of nitrogens with one attached hydrogen (secondary N) is 1. The molecule has 0 aliphatic rings. The molecule has 0 saturated carbocycles. The lowest BCUT2D eigenvalue weighted by molar-refractivity contribution is -0.150. The van der Waals surface area contributed by atoms with E-state index in [2.05, 4.69) is 18.5 Å². The fourth-order valence-electron chi connectivity index (χ4n) is 0.725. The van der Waals surface area contributed by atoms with Crippen molar-refractivity contribution in [2.24, 2.45) is 0 Å². The Morgan fingerprint density at radius 3 is 2.43 bits per heavy atom. The van der Waals surface area contributed by atoms with Crippen molar-refractivity contribution in [3.63, 3.8) is 0 Å². The lowest BCUT2D eigenvalue weighted by Crippen LogP contribution is -2.50. The number of hydrogen-bond donors (Lipinski definition) is 1. The van der Waals surface area contributed by atoms with Gasteiger partial charge in [0.25, 0.3) is 0 Å². The summed E-state index contributed by atoms with van der Waals surface area (Å²) in [4.78, 5) is 22.3. The normalized spacial score (nSPS) is 10.1. The van der Waals surface area contributed by atoms with E-state index >= 15 is 0 Å². The molecule has 1 N–H and O–H groups in total. The van der Waals surface area contributed by atoms with Gasteiger partial charge >= 0.3 is 5.97 Å². The average Bonchev–Trinajstić information content (AvgIpc) is 2.13. The summed E-state index contributed by atoms with van der Waals surface area (Å²) in [7, 11) is 0. The van der Waals surface area contributed by atoms with Crippen LogP contribution in [-0.2, 0) is 14.3 Å². The molecule has 0 aliphatic carbocycles. The monoisotopic (exact) mass is 197 g/mol. The molecule has 0 aromatic rings. The first kappa shape index (κ1) is 12.4. The predicted molar refractivity (Wildman–Crippen MR) is 53.6 cm³/mol. The van der Waals surface area contributed by atoms with Crippen molar-refractivity contribution < 1.29 is 14.3 Å². The highest BCUT2D eigenvalue weighted by atomic mass is 16.5. The van der Waals surface area contributed by atoms with Gasteiger partial charge in [0, 0.05) is 0 Å². The van der Waals surface area contributed by atoms with Crippen molar-refractivity contribution in [1.29, 1.82) is 0 Å². The fourth-order valence-corrected chi connectivity index (χ4v) is 0.725. The molecule has 1 amide bonds. The van der Waals surface area contributed by atoms with Crippen LogP contribution >= 0.6 is 0 Å². The lowest BCUT2D eigenvalue weighted by atomic mass is 10.1. The van der Waals surface area contributed by atoms with Crippen LogP contribution in [0.1, 0.15) is 13.8 Å². The molecule has 0 spiro atoms. The lowest BCUT2D eigenvalue weighted by Gasteiger charge is -2.22. The maximum Gasteiger partial charge on any atom is 0.331 e. The van der Waals surface area contributed by atoms with Gasteiger partial charge in [0.05, 0.1) is 0 Å². The second-order valence-electron chi connectivity index (χ2n) is 3.21. The van der Waals surface area contributed by atoms with Crippen LogP contribution in [-0.4, -0.2) is 24.0 Å². The molecule has 0 unspecified atom stereocenters. The summed E-state index contributed by atoms with van der Waals surface area (Å²) in [5.74, 6) is -0.918. The van der Waals surface area contributed by atoms with Gasteiger partial charge in [0.1, 0.15) is 12.1 Å². The standard InChI is InChI=1S/C10H15NO3/c1-5-7-14-9(13)10(3,4)11-8(12)6-2/h5-6H,1-2,7H2,3-4H3,(H,11,12). The quantitative estimate of drug-likeness (QED) is 0.403. The average molecular weight is 197 g/mol. The Bertz CT molecular complexity index is 256. The van der Waals surface area contributed by atoms with Crippen LogP contribution in [0.25, 0.3) is 0 Å². The third kappa shape index (κ3) is 3.89. The Hall–Kier alpha value is -1.58. The number of carbonyl (C=O) groups excluding carboxylic acids is 2. The molecule has 0 aromatic carbocycles. The van der Waals surface area contributed by atoms with E-state index in [0.717, 1.165) is 6.08 Å². The number of amides is 1. The molecule has 4 nitrogen and oxygen atoms in total. The van der Waals surface area contributed by atoms with E-state index < -0.39 is 17.4 Å². The summed E-state index contributed by atoms with van der Waals surface area (Å²) >= 11 is 0. The topological polar surface area (TPSA) is 55.4 Å². The van der Waals surface area contributed by atoms with Crippen LogP contribution in [0.3, 0.4) is 0 Å². The van der Waals surface area contributed by atoms with Crippen molar-refractivity contribution in [3.05, 3.63) is 25.3 Å². The van der Waals surface area contributed by atoms with Crippen LogP contribution in [0.5, 0.6) is 0 Å². The van der Waals surface area contributed by atoms with Gasteiger partial charge in [-0.1, -0.05) is 19.2 Å². The molecule has 0 heterocycles. The molecule has 0 radical (unpaired) electrons. The van der Waals surface area contributed by atoms with E-state index in [9.17, 15) is 9.59 Å². The molecule has 0 rings (SSSR count). The van der Waals surface area contributed by atoms with Crippen LogP contribution in [0.2, 0.25) is 0 Å². The van der Waals surface area contributed by atoms with Gasteiger partial charge in [0.15, 0.2) is 0 Å². The third-order valence-corrected chi connectivity index (χ3v) is 1.46. The van der Waals surface area contributed by atoms with E-state index in [-0.39, 0.29) is 6.61 Å². The maximum atomic E-state index is 11.4. The molecular formula is C10H15NO3. The zero-order valence-corrected chi connectivity index (χ0v) is 8.50. The fraction of sp³-hybridized carbons (Fsp3) is 0.400.